The zero-order valence-corrected chi connectivity index (χ0v) is 11.7. The normalized spacial score (nSPS) is 15.4. The second-order valence-electron chi connectivity index (χ2n) is 4.04. The number of nitrogens with zero attached hydrogens (tertiary/aromatic N) is 1. The van der Waals surface area contributed by atoms with Crippen molar-refractivity contribution in [3.63, 3.8) is 0 Å². The Morgan fingerprint density at radius 3 is 2.53 bits per heavy atom. The molecule has 2 amide bonds. The zero-order chi connectivity index (χ0) is 13.9. The summed E-state index contributed by atoms with van der Waals surface area (Å²) in [6.07, 6.45) is 0. The van der Waals surface area contributed by atoms with Crippen LogP contribution in [0.4, 0.5) is 16.2 Å². The number of benzene rings is 1. The van der Waals surface area contributed by atoms with Crippen LogP contribution in [0, 0.1) is 0 Å². The summed E-state index contributed by atoms with van der Waals surface area (Å²) in [5.74, 6) is -0.0911. The summed E-state index contributed by atoms with van der Waals surface area (Å²) in [5, 5.41) is 2.70. The average molecular weight is 304 g/mol. The van der Waals surface area contributed by atoms with E-state index >= 15 is 0 Å². The van der Waals surface area contributed by atoms with Crippen LogP contribution in [0.1, 0.15) is 0 Å². The third-order valence-electron chi connectivity index (χ3n) is 2.65. The number of hydrogen-bond donors (Lipinski definition) is 2. The van der Waals surface area contributed by atoms with Gasteiger partial charge in [0, 0.05) is 30.3 Å². The summed E-state index contributed by atoms with van der Waals surface area (Å²) < 4.78 is 25.5. The van der Waals surface area contributed by atoms with Crippen molar-refractivity contribution in [2.75, 3.05) is 34.3 Å². The first-order valence-electron chi connectivity index (χ1n) is 5.74. The number of urea groups is 1. The van der Waals surface area contributed by atoms with Crippen LogP contribution >= 0.6 is 11.6 Å². The van der Waals surface area contributed by atoms with Crippen LogP contribution in [-0.4, -0.2) is 39.2 Å². The number of carbonyl (C=O) groups is 1. The first-order valence-corrected chi connectivity index (χ1v) is 7.92. The number of sulfonamides is 1. The molecule has 0 radical (unpaired) electrons. The highest BCUT2D eigenvalue weighted by Gasteiger charge is 2.20. The van der Waals surface area contributed by atoms with Gasteiger partial charge in [-0.2, -0.15) is 0 Å². The molecule has 1 aromatic rings. The van der Waals surface area contributed by atoms with E-state index in [2.05, 4.69) is 10.0 Å². The van der Waals surface area contributed by atoms with Gasteiger partial charge in [0.25, 0.3) is 0 Å². The fourth-order valence-corrected chi connectivity index (χ4v) is 3.17. The minimum absolute atomic E-state index is 0.0430. The molecular weight excluding hydrogens is 290 g/mol. The lowest BCUT2D eigenvalue weighted by Gasteiger charge is -2.14. The highest BCUT2D eigenvalue weighted by atomic mass is 35.5. The molecule has 104 valence electrons. The van der Waals surface area contributed by atoms with E-state index in [9.17, 15) is 13.2 Å². The molecule has 1 fully saturated rings. The van der Waals surface area contributed by atoms with Crippen LogP contribution in [0.3, 0.4) is 0 Å². The zero-order valence-electron chi connectivity index (χ0n) is 10.1. The highest BCUT2D eigenvalue weighted by Crippen LogP contribution is 2.20. The van der Waals surface area contributed by atoms with Gasteiger partial charge in [0.1, 0.15) is 0 Å². The van der Waals surface area contributed by atoms with Crippen LogP contribution in [-0.2, 0) is 10.0 Å². The highest BCUT2D eigenvalue weighted by molar-refractivity contribution is 7.92. The lowest BCUT2D eigenvalue weighted by Crippen LogP contribution is -2.27. The van der Waals surface area contributed by atoms with Gasteiger partial charge in [-0.1, -0.05) is 0 Å². The number of carbonyl (C=O) groups excluding carboxylic acids is 1. The van der Waals surface area contributed by atoms with Crippen LogP contribution in [0.2, 0.25) is 0 Å². The van der Waals surface area contributed by atoms with Crippen molar-refractivity contribution >= 4 is 39.0 Å². The molecular formula is C11H14ClN3O3S. The van der Waals surface area contributed by atoms with Crippen molar-refractivity contribution < 1.29 is 13.2 Å². The molecule has 6 nitrogen and oxygen atoms in total. The fraction of sp³-hybridized carbons (Fsp3) is 0.364. The second-order valence-corrected chi connectivity index (χ2v) is 6.26. The quantitative estimate of drug-likeness (QED) is 0.802. The van der Waals surface area contributed by atoms with Crippen molar-refractivity contribution in [2.45, 2.75) is 0 Å². The van der Waals surface area contributed by atoms with Gasteiger partial charge in [0.15, 0.2) is 0 Å². The molecule has 0 aliphatic carbocycles. The van der Waals surface area contributed by atoms with Gasteiger partial charge in [-0.3, -0.25) is 9.62 Å². The molecule has 0 saturated carbocycles. The van der Waals surface area contributed by atoms with Gasteiger partial charge >= 0.3 is 6.03 Å². The first kappa shape index (κ1) is 14.0. The number of halogens is 1. The standard InChI is InChI=1S/C11H14ClN3O3S/c12-5-8-19(17,18)14-9-1-3-10(4-2-9)15-7-6-13-11(15)16/h1-4,14H,5-8H2,(H,13,16). The van der Waals surface area contributed by atoms with Crippen molar-refractivity contribution in [1.82, 2.24) is 5.32 Å². The lowest BCUT2D eigenvalue weighted by molar-refractivity contribution is 0.252. The van der Waals surface area contributed by atoms with Crippen LogP contribution in [0.5, 0.6) is 0 Å². The van der Waals surface area contributed by atoms with Crippen molar-refractivity contribution in [2.24, 2.45) is 0 Å². The topological polar surface area (TPSA) is 78.5 Å². The minimum atomic E-state index is -3.40. The molecule has 1 aromatic carbocycles. The van der Waals surface area contributed by atoms with E-state index in [-0.39, 0.29) is 17.7 Å². The van der Waals surface area contributed by atoms with E-state index in [1.807, 2.05) is 0 Å². The van der Waals surface area contributed by atoms with Gasteiger partial charge in [-0.05, 0) is 24.3 Å². The van der Waals surface area contributed by atoms with Gasteiger partial charge < -0.3 is 5.32 Å². The van der Waals surface area contributed by atoms with E-state index < -0.39 is 10.0 Å². The number of amides is 2. The van der Waals surface area contributed by atoms with Gasteiger partial charge in [-0.25, -0.2) is 13.2 Å². The summed E-state index contributed by atoms with van der Waals surface area (Å²) in [6, 6.07) is 6.49. The molecule has 8 heteroatoms. The Morgan fingerprint density at radius 1 is 1.32 bits per heavy atom. The second kappa shape index (κ2) is 5.66. The Hall–Kier alpha value is -1.47. The van der Waals surface area contributed by atoms with E-state index in [0.29, 0.717) is 18.8 Å². The number of anilines is 2. The summed E-state index contributed by atoms with van der Waals surface area (Å²) >= 11 is 5.41. The average Bonchev–Trinajstić information content (AvgIpc) is 2.76. The maximum atomic E-state index is 11.5. The predicted octanol–water partition coefficient (Wildman–Crippen LogP) is 1.20. The summed E-state index contributed by atoms with van der Waals surface area (Å²) in [7, 11) is -3.40. The Balaban J connectivity index is 2.08. The number of alkyl halides is 1. The monoisotopic (exact) mass is 303 g/mol. The Bertz CT molecular complexity index is 559. The molecule has 1 aliphatic heterocycles. The lowest BCUT2D eigenvalue weighted by atomic mass is 10.2. The maximum Gasteiger partial charge on any atom is 0.321 e. The van der Waals surface area contributed by atoms with E-state index in [4.69, 9.17) is 11.6 Å². The molecule has 0 atom stereocenters. The fourth-order valence-electron chi connectivity index (χ4n) is 1.76. The molecule has 1 aliphatic rings. The smallest absolute Gasteiger partial charge is 0.321 e. The molecule has 1 heterocycles. The van der Waals surface area contributed by atoms with Crippen LogP contribution < -0.4 is 14.9 Å². The molecule has 1 saturated heterocycles. The number of hydrogen-bond acceptors (Lipinski definition) is 3. The van der Waals surface area contributed by atoms with Crippen molar-refractivity contribution in [3.05, 3.63) is 24.3 Å². The molecule has 19 heavy (non-hydrogen) atoms. The predicted molar refractivity (Wildman–Crippen MR) is 75.3 cm³/mol. The molecule has 0 aromatic heterocycles. The minimum Gasteiger partial charge on any atom is -0.336 e. The molecule has 2 N–H and O–H groups in total. The molecule has 0 spiro atoms. The number of rotatable bonds is 5. The summed E-state index contributed by atoms with van der Waals surface area (Å²) in [5.41, 5.74) is 1.18. The van der Waals surface area contributed by atoms with Gasteiger partial charge in [0.2, 0.25) is 10.0 Å². The van der Waals surface area contributed by atoms with E-state index in [1.165, 1.54) is 0 Å². The number of nitrogens with one attached hydrogen (secondary N) is 2. The maximum absolute atomic E-state index is 11.5. The van der Waals surface area contributed by atoms with Crippen molar-refractivity contribution in [3.8, 4) is 0 Å². The molecule has 2 rings (SSSR count). The Kier molecular flexibility index (Phi) is 4.16. The van der Waals surface area contributed by atoms with Gasteiger partial charge in [-0.15, -0.1) is 11.6 Å². The Morgan fingerprint density at radius 2 is 2.00 bits per heavy atom. The first-order chi connectivity index (χ1) is 9.02. The van der Waals surface area contributed by atoms with E-state index in [1.54, 1.807) is 29.2 Å². The Labute approximate surface area is 116 Å². The third kappa shape index (κ3) is 3.51. The van der Waals surface area contributed by atoms with E-state index in [0.717, 1.165) is 5.69 Å². The van der Waals surface area contributed by atoms with Crippen LogP contribution in [0.15, 0.2) is 24.3 Å². The van der Waals surface area contributed by atoms with Crippen LogP contribution in [0.25, 0.3) is 0 Å². The SMILES string of the molecule is O=C1NCCN1c1ccc(NS(=O)(=O)CCCl)cc1. The largest absolute Gasteiger partial charge is 0.336 e. The summed E-state index contributed by atoms with van der Waals surface area (Å²) in [6.45, 7) is 1.22. The molecule has 0 unspecified atom stereocenters. The van der Waals surface area contributed by atoms with Crippen molar-refractivity contribution in [1.29, 1.82) is 0 Å². The van der Waals surface area contributed by atoms with Gasteiger partial charge in [0.05, 0.1) is 5.75 Å². The third-order valence-corrected chi connectivity index (χ3v) is 4.36. The molecule has 0 bridgehead atoms. The summed E-state index contributed by atoms with van der Waals surface area (Å²) in [4.78, 5) is 13.1.